The second kappa shape index (κ2) is 8.01. The zero-order valence-electron chi connectivity index (χ0n) is 13.2. The Hall–Kier alpha value is -1.03. The van der Waals surface area contributed by atoms with Crippen LogP contribution in [0.15, 0.2) is 17.1 Å². The molecule has 28 heavy (non-hydrogen) atoms. The molecule has 2 rings (SSSR count). The Morgan fingerprint density at radius 2 is 1.68 bits per heavy atom. The summed E-state index contributed by atoms with van der Waals surface area (Å²) in [5.74, 6) is -0.168. The van der Waals surface area contributed by atoms with Crippen LogP contribution in [-0.2, 0) is 31.6 Å². The molecular weight excluding hydrogens is 458 g/mol. The van der Waals surface area contributed by atoms with Gasteiger partial charge < -0.3 is 40.3 Å². The van der Waals surface area contributed by atoms with E-state index in [-0.39, 0.29) is 5.82 Å². The summed E-state index contributed by atoms with van der Waals surface area (Å²) < 4.78 is 50.4. The van der Waals surface area contributed by atoms with Gasteiger partial charge in [-0.3, -0.25) is 9.09 Å². The summed E-state index contributed by atoms with van der Waals surface area (Å²) in [5.41, 5.74) is 4.28. The molecule has 1 fully saturated rings. The zero-order valence-corrected chi connectivity index (χ0v) is 15.9. The molecule has 2 unspecified atom stereocenters. The number of rotatable bonds is 7. The first-order valence-corrected chi connectivity index (χ1v) is 11.3. The quantitative estimate of drug-likeness (QED) is 0.163. The molecule has 1 aliphatic heterocycles. The number of nitrogens with zero attached hydrogens (tertiary/aromatic N) is 2. The van der Waals surface area contributed by atoms with Crippen LogP contribution in [0.25, 0.3) is 0 Å². The number of aromatic nitrogens is 2. The minimum atomic E-state index is -5.79. The number of hydrogen-bond acceptors (Lipinski definition) is 12. The summed E-state index contributed by atoms with van der Waals surface area (Å²) in [6, 6.07) is 1.14. The molecule has 20 heteroatoms. The largest absolute Gasteiger partial charge is 0.490 e. The fourth-order valence-electron chi connectivity index (χ4n) is 2.00. The minimum Gasteiger partial charge on any atom is -0.385 e. The van der Waals surface area contributed by atoms with Crippen LogP contribution in [0.3, 0.4) is 0 Å². The average Bonchev–Trinajstić information content (AvgIpc) is 2.71. The topological polar surface area (TPSA) is 270 Å². The molecule has 1 aliphatic rings. The number of nitrogen functional groups attached to an aromatic ring is 1. The van der Waals surface area contributed by atoms with Gasteiger partial charge in [0.2, 0.25) is 0 Å². The Labute approximate surface area is 154 Å². The molecule has 8 N–H and O–H groups in total. The molecule has 17 nitrogen and oxygen atoms in total. The van der Waals surface area contributed by atoms with Gasteiger partial charge in [0.05, 0.1) is 0 Å². The van der Waals surface area contributed by atoms with Gasteiger partial charge in [0, 0.05) is 6.20 Å². The number of aliphatic hydroxyl groups is 2. The highest BCUT2D eigenvalue weighted by molar-refractivity contribution is 7.66. The predicted octanol–water partition coefficient (Wildman–Crippen LogP) is -2.25. The first-order chi connectivity index (χ1) is 12.6. The fourth-order valence-corrected chi connectivity index (χ4v) is 5.09. The van der Waals surface area contributed by atoms with E-state index in [1.54, 1.807) is 0 Å². The van der Waals surface area contributed by atoms with Gasteiger partial charge in [-0.1, -0.05) is 0 Å². The van der Waals surface area contributed by atoms with Gasteiger partial charge in [-0.2, -0.15) is 13.6 Å². The Bertz CT molecular complexity index is 929. The third-order valence-electron chi connectivity index (χ3n) is 2.97. The Morgan fingerprint density at radius 3 is 2.21 bits per heavy atom. The third-order valence-corrected chi connectivity index (χ3v) is 6.77. The monoisotopic (exact) mass is 472 g/mol. The van der Waals surface area contributed by atoms with E-state index >= 15 is 0 Å². The number of ether oxygens (including phenoxy) is 1. The van der Waals surface area contributed by atoms with Crippen molar-refractivity contribution in [2.75, 3.05) is 5.73 Å². The number of phosphoric acid groups is 3. The molecule has 1 saturated heterocycles. The molecule has 0 amide bonds. The van der Waals surface area contributed by atoms with E-state index in [0.717, 1.165) is 12.3 Å². The predicted molar refractivity (Wildman–Crippen MR) is 83.8 cm³/mol. The van der Waals surface area contributed by atoms with Crippen molar-refractivity contribution in [3.8, 4) is 0 Å². The second-order valence-electron chi connectivity index (χ2n) is 5.11. The third kappa shape index (κ3) is 5.98. The van der Waals surface area contributed by atoms with Crippen LogP contribution in [0.4, 0.5) is 5.82 Å². The normalized spacial score (nSPS) is 29.9. The summed E-state index contributed by atoms with van der Waals surface area (Å²) >= 11 is 0. The Morgan fingerprint density at radius 1 is 1.07 bits per heavy atom. The molecule has 0 saturated carbocycles. The highest BCUT2D eigenvalue weighted by Crippen LogP contribution is 2.66. The standard InChI is InChI=1S/C8H14N3O14P3/c9-3-1-2-11(8(14)10-3)6-4(12)5(13)7(22-6)23-27(18,19)25-28(20,21)24-26(15,16)17/h1-2,4-7,12-13H,(H,18,19)(H,20,21)(H2,9,10,14)(H2,15,16,17)/t4-,5+,6+,7+/m0/s1/i9+1,10+1,11+1. The van der Waals surface area contributed by atoms with E-state index < -0.39 is 53.9 Å². The molecular formula is C8H14N3O14P3. The number of phosphoric ester groups is 1. The van der Waals surface area contributed by atoms with Crippen LogP contribution in [-0.4, -0.2) is 57.8 Å². The van der Waals surface area contributed by atoms with Crippen LogP contribution < -0.4 is 11.4 Å². The summed E-state index contributed by atoms with van der Waals surface area (Å²) in [4.78, 5) is 50.5. The number of hydrogen-bond donors (Lipinski definition) is 7. The number of aliphatic hydroxyl groups excluding tert-OH is 2. The highest BCUT2D eigenvalue weighted by atomic mass is 31.3. The lowest BCUT2D eigenvalue weighted by Crippen LogP contribution is -2.35. The summed E-state index contributed by atoms with van der Waals surface area (Å²) in [7, 11) is -17.0. The maximum absolute atomic E-state index is 11.8. The lowest BCUT2D eigenvalue weighted by molar-refractivity contribution is -0.135. The maximum atomic E-state index is 11.8. The molecule has 0 bridgehead atoms. The molecule has 1 aromatic rings. The van der Waals surface area contributed by atoms with E-state index in [2.05, 4.69) is 18.1 Å². The van der Waals surface area contributed by atoms with Gasteiger partial charge >= 0.3 is 29.2 Å². The van der Waals surface area contributed by atoms with Crippen molar-refractivity contribution in [2.45, 2.75) is 24.7 Å². The molecule has 0 aliphatic carbocycles. The van der Waals surface area contributed by atoms with E-state index in [1.807, 2.05) is 0 Å². The minimum absolute atomic E-state index is 0.168. The molecule has 0 aromatic carbocycles. The van der Waals surface area contributed by atoms with Crippen molar-refractivity contribution in [1.29, 1.82) is 0 Å². The molecule has 6 atom stereocenters. The molecule has 2 heterocycles. The lowest BCUT2D eigenvalue weighted by Gasteiger charge is -2.20. The lowest BCUT2D eigenvalue weighted by atomic mass is 10.2. The number of nitrogens with two attached hydrogens (primary N) is 1. The fraction of sp³-hybridized carbons (Fsp3) is 0.500. The van der Waals surface area contributed by atoms with Crippen molar-refractivity contribution in [1.82, 2.24) is 9.55 Å². The van der Waals surface area contributed by atoms with Gasteiger partial charge in [0.25, 0.3) is 0 Å². The first-order valence-electron chi connectivity index (χ1n) is 6.79. The zero-order chi connectivity index (χ0) is 21.5. The van der Waals surface area contributed by atoms with Crippen molar-refractivity contribution in [3.05, 3.63) is 22.7 Å². The van der Waals surface area contributed by atoms with Crippen LogP contribution in [0.5, 0.6) is 0 Å². The SMILES string of the molecule is [15NH2]c1cc[15n]([C@@H]2O[C@H](OP(=O)(O)OP(=O)(O)OP(=O)(O)O)[C@H](O)[C@@H]2O)c(=O)[15n]1. The van der Waals surface area contributed by atoms with Crippen LogP contribution >= 0.6 is 23.5 Å². The van der Waals surface area contributed by atoms with Gasteiger partial charge in [-0.15, -0.1) is 0 Å². The second-order valence-corrected chi connectivity index (χ2v) is 9.49. The maximum Gasteiger partial charge on any atom is 0.490 e. The van der Waals surface area contributed by atoms with Crippen molar-refractivity contribution in [2.24, 2.45) is 0 Å². The average molecular weight is 472 g/mol. The summed E-state index contributed by atoms with van der Waals surface area (Å²) in [6.07, 6.45) is -6.80. The van der Waals surface area contributed by atoms with Crippen molar-refractivity contribution >= 4 is 29.3 Å². The van der Waals surface area contributed by atoms with Gasteiger partial charge in [-0.25, -0.2) is 18.5 Å². The number of anilines is 1. The van der Waals surface area contributed by atoms with E-state index in [9.17, 15) is 33.6 Å². The van der Waals surface area contributed by atoms with E-state index in [0.29, 0.717) is 4.57 Å². The molecule has 0 spiro atoms. The van der Waals surface area contributed by atoms with Gasteiger partial charge in [-0.05, 0) is 6.07 Å². The van der Waals surface area contributed by atoms with Crippen LogP contribution in [0.1, 0.15) is 6.23 Å². The van der Waals surface area contributed by atoms with Gasteiger partial charge in [0.15, 0.2) is 12.5 Å². The van der Waals surface area contributed by atoms with Gasteiger partial charge in [0.1, 0.15) is 18.0 Å². The summed E-state index contributed by atoms with van der Waals surface area (Å²) in [6.45, 7) is 0. The van der Waals surface area contributed by atoms with Crippen molar-refractivity contribution in [3.63, 3.8) is 0 Å². The molecule has 0 radical (unpaired) electrons. The smallest absolute Gasteiger partial charge is 0.385 e. The Balaban J connectivity index is 2.15. The Kier molecular flexibility index (Phi) is 6.65. The summed E-state index contributed by atoms with van der Waals surface area (Å²) in [5, 5.41) is 19.8. The van der Waals surface area contributed by atoms with Crippen LogP contribution in [0, 0.1) is 0 Å². The van der Waals surface area contributed by atoms with E-state index in [1.165, 1.54) is 0 Å². The van der Waals surface area contributed by atoms with E-state index in [4.69, 9.17) is 25.2 Å². The van der Waals surface area contributed by atoms with Crippen molar-refractivity contribution < 1.29 is 61.4 Å². The molecule has 1 aromatic heterocycles. The first kappa shape index (κ1) is 23.3. The van der Waals surface area contributed by atoms with Crippen LogP contribution in [0.2, 0.25) is 0 Å². The molecule has 160 valence electrons. The highest BCUT2D eigenvalue weighted by Gasteiger charge is 2.50.